The molecule has 0 heterocycles. The molecule has 0 bridgehead atoms. The van der Waals surface area contributed by atoms with E-state index in [1.165, 1.54) is 6.92 Å². The van der Waals surface area contributed by atoms with Crippen molar-refractivity contribution in [3.63, 3.8) is 0 Å². The van der Waals surface area contributed by atoms with Crippen LogP contribution in [0.5, 0.6) is 0 Å². The summed E-state index contributed by atoms with van der Waals surface area (Å²) >= 11 is 0. The summed E-state index contributed by atoms with van der Waals surface area (Å²) < 4.78 is 0. The first-order valence-corrected chi connectivity index (χ1v) is 4.82. The second-order valence-corrected chi connectivity index (χ2v) is 3.31. The minimum atomic E-state index is -0.00347. The molecule has 1 rings (SSSR count). The lowest BCUT2D eigenvalue weighted by molar-refractivity contribution is -0.113. The summed E-state index contributed by atoms with van der Waals surface area (Å²) in [5.74, 6) is -0.00347. The molecule has 0 aliphatic rings. The summed E-state index contributed by atoms with van der Waals surface area (Å²) in [5.41, 5.74) is 7.98. The number of carbonyl (C=O) groups excluding carboxylic acids is 1. The van der Waals surface area contributed by atoms with Gasteiger partial charge >= 0.3 is 0 Å². The Kier molecular flexibility index (Phi) is 3.86. The Bertz CT molecular complexity index is 390. The van der Waals surface area contributed by atoms with Crippen molar-refractivity contribution in [2.45, 2.75) is 13.3 Å². The Labute approximate surface area is 90.1 Å². The SMILES string of the molecule is C=CC/C(C(C)=O)=C(/N)c1ccccc1. The average molecular weight is 201 g/mol. The molecule has 1 aromatic rings. The fourth-order valence-electron chi connectivity index (χ4n) is 1.38. The van der Waals surface area contributed by atoms with Crippen LogP contribution in [0.4, 0.5) is 0 Å². The lowest BCUT2D eigenvalue weighted by atomic mass is 10.0. The van der Waals surface area contributed by atoms with Gasteiger partial charge in [-0.15, -0.1) is 6.58 Å². The summed E-state index contributed by atoms with van der Waals surface area (Å²) in [7, 11) is 0. The van der Waals surface area contributed by atoms with E-state index in [1.54, 1.807) is 6.08 Å². The van der Waals surface area contributed by atoms with E-state index in [9.17, 15) is 4.79 Å². The largest absolute Gasteiger partial charge is 0.398 e. The van der Waals surface area contributed by atoms with Crippen LogP contribution in [0, 0.1) is 0 Å². The lowest BCUT2D eigenvalue weighted by Gasteiger charge is -2.07. The van der Waals surface area contributed by atoms with Gasteiger partial charge in [0, 0.05) is 11.3 Å². The van der Waals surface area contributed by atoms with E-state index in [-0.39, 0.29) is 5.78 Å². The van der Waals surface area contributed by atoms with Gasteiger partial charge in [0.1, 0.15) is 0 Å². The molecule has 0 saturated carbocycles. The van der Waals surface area contributed by atoms with Gasteiger partial charge in [0.2, 0.25) is 0 Å². The van der Waals surface area contributed by atoms with Crippen LogP contribution in [0.3, 0.4) is 0 Å². The number of Topliss-reactive ketones (excluding diaryl/α,β-unsaturated/α-hetero) is 1. The fraction of sp³-hybridized carbons (Fsp3) is 0.154. The van der Waals surface area contributed by atoms with E-state index in [4.69, 9.17) is 5.73 Å². The topological polar surface area (TPSA) is 43.1 Å². The van der Waals surface area contributed by atoms with Crippen LogP contribution in [0.2, 0.25) is 0 Å². The standard InChI is InChI=1S/C13H15NO/c1-3-7-12(10(2)15)13(14)11-8-5-4-6-9-11/h3-6,8-9H,1,7,14H2,2H3/b13-12-. The molecule has 0 aromatic heterocycles. The van der Waals surface area contributed by atoms with E-state index in [0.717, 1.165) is 5.56 Å². The quantitative estimate of drug-likeness (QED) is 0.601. The summed E-state index contributed by atoms with van der Waals surface area (Å²) in [6.45, 7) is 5.14. The monoisotopic (exact) mass is 201 g/mol. The summed E-state index contributed by atoms with van der Waals surface area (Å²) in [6.07, 6.45) is 2.20. The third kappa shape index (κ3) is 2.81. The van der Waals surface area contributed by atoms with Gasteiger partial charge in [-0.3, -0.25) is 4.79 Å². The molecule has 0 amide bonds. The van der Waals surface area contributed by atoms with Gasteiger partial charge in [-0.2, -0.15) is 0 Å². The minimum Gasteiger partial charge on any atom is -0.398 e. The third-order valence-corrected chi connectivity index (χ3v) is 2.18. The molecule has 2 heteroatoms. The molecule has 15 heavy (non-hydrogen) atoms. The van der Waals surface area contributed by atoms with E-state index in [2.05, 4.69) is 6.58 Å². The van der Waals surface area contributed by atoms with Crippen LogP contribution in [0.25, 0.3) is 5.70 Å². The first kappa shape index (κ1) is 11.2. The third-order valence-electron chi connectivity index (χ3n) is 2.18. The number of ketones is 1. The number of allylic oxidation sites excluding steroid dienone is 2. The highest BCUT2D eigenvalue weighted by molar-refractivity contribution is 6.00. The molecule has 0 atom stereocenters. The first-order valence-electron chi connectivity index (χ1n) is 4.82. The second-order valence-electron chi connectivity index (χ2n) is 3.31. The Hall–Kier alpha value is -1.83. The van der Waals surface area contributed by atoms with Crippen LogP contribution in [0.1, 0.15) is 18.9 Å². The Morgan fingerprint density at radius 1 is 1.40 bits per heavy atom. The average Bonchev–Trinajstić information content (AvgIpc) is 2.26. The van der Waals surface area contributed by atoms with Crippen LogP contribution >= 0.6 is 0 Å². The zero-order valence-electron chi connectivity index (χ0n) is 8.86. The fourth-order valence-corrected chi connectivity index (χ4v) is 1.38. The highest BCUT2D eigenvalue weighted by atomic mass is 16.1. The highest BCUT2D eigenvalue weighted by Gasteiger charge is 2.08. The molecule has 0 radical (unpaired) electrons. The number of hydrogen-bond donors (Lipinski definition) is 1. The van der Waals surface area contributed by atoms with E-state index in [0.29, 0.717) is 17.7 Å². The number of nitrogens with two attached hydrogens (primary N) is 1. The molecule has 0 fully saturated rings. The van der Waals surface area contributed by atoms with Crippen molar-refractivity contribution < 1.29 is 4.79 Å². The molecule has 0 saturated heterocycles. The molecular formula is C13H15NO. The minimum absolute atomic E-state index is 0.00347. The van der Waals surface area contributed by atoms with E-state index < -0.39 is 0 Å². The Morgan fingerprint density at radius 2 is 2.00 bits per heavy atom. The maximum Gasteiger partial charge on any atom is 0.158 e. The number of hydrogen-bond acceptors (Lipinski definition) is 2. The molecule has 78 valence electrons. The van der Waals surface area contributed by atoms with Gasteiger partial charge in [-0.1, -0.05) is 36.4 Å². The Balaban J connectivity index is 3.16. The first-order chi connectivity index (χ1) is 7.16. The molecule has 0 spiro atoms. The molecule has 0 unspecified atom stereocenters. The van der Waals surface area contributed by atoms with Crippen LogP contribution in [0.15, 0.2) is 48.6 Å². The Morgan fingerprint density at radius 3 is 2.47 bits per heavy atom. The maximum absolute atomic E-state index is 11.4. The number of benzene rings is 1. The zero-order chi connectivity index (χ0) is 11.3. The van der Waals surface area contributed by atoms with Crippen molar-refractivity contribution >= 4 is 11.5 Å². The molecule has 0 aliphatic carbocycles. The summed E-state index contributed by atoms with van der Waals surface area (Å²) in [5, 5.41) is 0. The maximum atomic E-state index is 11.4. The highest BCUT2D eigenvalue weighted by Crippen LogP contribution is 2.16. The predicted octanol–water partition coefficient (Wildman–Crippen LogP) is 2.52. The molecule has 1 aromatic carbocycles. The van der Waals surface area contributed by atoms with Crippen molar-refractivity contribution in [1.29, 1.82) is 0 Å². The lowest BCUT2D eigenvalue weighted by Crippen LogP contribution is -2.07. The van der Waals surface area contributed by atoms with Gasteiger partial charge in [0.25, 0.3) is 0 Å². The van der Waals surface area contributed by atoms with Crippen molar-refractivity contribution in [3.05, 3.63) is 54.1 Å². The summed E-state index contributed by atoms with van der Waals surface area (Å²) in [6, 6.07) is 9.49. The van der Waals surface area contributed by atoms with Gasteiger partial charge < -0.3 is 5.73 Å². The van der Waals surface area contributed by atoms with E-state index in [1.807, 2.05) is 30.3 Å². The van der Waals surface area contributed by atoms with Crippen molar-refractivity contribution in [3.8, 4) is 0 Å². The van der Waals surface area contributed by atoms with Crippen molar-refractivity contribution in [2.75, 3.05) is 0 Å². The van der Waals surface area contributed by atoms with E-state index >= 15 is 0 Å². The van der Waals surface area contributed by atoms with Crippen molar-refractivity contribution in [2.24, 2.45) is 5.73 Å². The van der Waals surface area contributed by atoms with Gasteiger partial charge in [-0.05, 0) is 18.9 Å². The molecular weight excluding hydrogens is 186 g/mol. The predicted molar refractivity (Wildman–Crippen MR) is 63.0 cm³/mol. The molecule has 2 nitrogen and oxygen atoms in total. The smallest absolute Gasteiger partial charge is 0.158 e. The number of carbonyl (C=O) groups is 1. The second kappa shape index (κ2) is 5.15. The summed E-state index contributed by atoms with van der Waals surface area (Å²) in [4.78, 5) is 11.4. The van der Waals surface area contributed by atoms with Crippen LogP contribution in [-0.4, -0.2) is 5.78 Å². The van der Waals surface area contributed by atoms with Crippen LogP contribution < -0.4 is 5.73 Å². The molecule has 2 N–H and O–H groups in total. The van der Waals surface area contributed by atoms with Gasteiger partial charge in [-0.25, -0.2) is 0 Å². The number of rotatable bonds is 4. The van der Waals surface area contributed by atoms with Gasteiger partial charge in [0.15, 0.2) is 5.78 Å². The van der Waals surface area contributed by atoms with Crippen LogP contribution in [-0.2, 0) is 4.79 Å². The van der Waals surface area contributed by atoms with Gasteiger partial charge in [0.05, 0.1) is 0 Å². The van der Waals surface area contributed by atoms with Crippen molar-refractivity contribution in [1.82, 2.24) is 0 Å². The zero-order valence-corrected chi connectivity index (χ0v) is 8.86. The normalized spacial score (nSPS) is 11.8. The molecule has 0 aliphatic heterocycles.